The van der Waals surface area contributed by atoms with Gasteiger partial charge in [-0.2, -0.15) is 23.3 Å². The molecule has 1 aromatic carbocycles. The number of piperazine rings is 1. The molecule has 4 aromatic rings. The van der Waals surface area contributed by atoms with Crippen molar-refractivity contribution in [1.82, 2.24) is 29.2 Å². The molecule has 15 heteroatoms. The summed E-state index contributed by atoms with van der Waals surface area (Å²) >= 11 is 7.38. The van der Waals surface area contributed by atoms with E-state index in [0.717, 1.165) is 23.4 Å². The zero-order valence-electron chi connectivity index (χ0n) is 22.9. The van der Waals surface area contributed by atoms with Crippen LogP contribution >= 0.6 is 23.4 Å². The average molecular weight is 636 g/mol. The van der Waals surface area contributed by atoms with E-state index in [4.69, 9.17) is 11.6 Å². The van der Waals surface area contributed by atoms with Crippen LogP contribution in [-0.4, -0.2) is 61.3 Å². The number of alkyl halides is 3. The number of halogens is 5. The number of carbonyl (C=O) groups excluding carboxylic acids is 1. The number of hydrogen-bond acceptors (Lipinski definition) is 7. The van der Waals surface area contributed by atoms with Gasteiger partial charge < -0.3 is 14.4 Å². The molecule has 1 fully saturated rings. The quantitative estimate of drug-likeness (QED) is 0.161. The van der Waals surface area contributed by atoms with Gasteiger partial charge in [-0.3, -0.25) is 14.3 Å². The highest BCUT2D eigenvalue weighted by Crippen LogP contribution is 2.33. The first kappa shape index (κ1) is 30.5. The smallest absolute Gasteiger partial charge is 0.352 e. The zero-order valence-corrected chi connectivity index (χ0v) is 24.5. The molecule has 1 saturated heterocycles. The first-order chi connectivity index (χ1) is 20.5. The van der Waals surface area contributed by atoms with Crippen LogP contribution in [0.15, 0.2) is 65.1 Å². The standard InChI is InChI=1S/C28H26ClF4N7O2S/c1-37-14-19(12-35-37)10-20-15-40(27(36-26(20)42)43-17-18-2-4-22(30)5-3-18)16-24(41)38-6-8-39(9-7-38)25-23(29)11-21(13-34-25)28(31,32)33/h2-5,11-15H,6-10,16-17H2,1H3. The van der Waals surface area contributed by atoms with Crippen molar-refractivity contribution in [2.75, 3.05) is 31.1 Å². The van der Waals surface area contributed by atoms with Crippen LogP contribution in [0.4, 0.5) is 23.4 Å². The average Bonchev–Trinajstić information content (AvgIpc) is 3.38. The molecule has 0 bridgehead atoms. The van der Waals surface area contributed by atoms with E-state index in [0.29, 0.717) is 42.7 Å². The van der Waals surface area contributed by atoms with Gasteiger partial charge >= 0.3 is 6.18 Å². The molecule has 5 rings (SSSR count). The van der Waals surface area contributed by atoms with Crippen LogP contribution in [0.25, 0.3) is 0 Å². The van der Waals surface area contributed by atoms with Gasteiger partial charge in [0, 0.05) is 69.6 Å². The molecule has 0 atom stereocenters. The predicted octanol–water partition coefficient (Wildman–Crippen LogP) is 4.42. The second kappa shape index (κ2) is 12.8. The fourth-order valence-corrected chi connectivity index (χ4v) is 5.82. The number of pyridine rings is 1. The number of anilines is 1. The van der Waals surface area contributed by atoms with Gasteiger partial charge in [-0.05, 0) is 29.3 Å². The maximum atomic E-state index is 13.4. The van der Waals surface area contributed by atoms with E-state index in [1.807, 2.05) is 0 Å². The highest BCUT2D eigenvalue weighted by molar-refractivity contribution is 7.98. The molecular weight excluding hydrogens is 610 g/mol. The van der Waals surface area contributed by atoms with E-state index < -0.39 is 17.3 Å². The summed E-state index contributed by atoms with van der Waals surface area (Å²) in [5.41, 5.74) is 0.700. The van der Waals surface area contributed by atoms with E-state index >= 15 is 0 Å². The Hall–Kier alpha value is -3.91. The van der Waals surface area contributed by atoms with E-state index in [1.165, 1.54) is 23.9 Å². The highest BCUT2D eigenvalue weighted by Gasteiger charge is 2.32. The number of rotatable bonds is 8. The fourth-order valence-electron chi connectivity index (χ4n) is 4.61. The summed E-state index contributed by atoms with van der Waals surface area (Å²) in [6.07, 6.45) is 1.57. The topological polar surface area (TPSA) is 89.2 Å². The van der Waals surface area contributed by atoms with E-state index in [9.17, 15) is 27.2 Å². The lowest BCUT2D eigenvalue weighted by molar-refractivity contribution is -0.138. The maximum absolute atomic E-state index is 13.4. The lowest BCUT2D eigenvalue weighted by Crippen LogP contribution is -2.50. The molecule has 1 aliphatic heterocycles. The van der Waals surface area contributed by atoms with Crippen LogP contribution in [-0.2, 0) is 36.7 Å². The highest BCUT2D eigenvalue weighted by atomic mass is 35.5. The van der Waals surface area contributed by atoms with E-state index in [-0.39, 0.29) is 35.5 Å². The fraction of sp³-hybridized carbons (Fsp3) is 0.321. The number of benzene rings is 1. The van der Waals surface area contributed by atoms with Gasteiger partial charge in [-0.25, -0.2) is 9.37 Å². The normalized spacial score (nSPS) is 13.9. The monoisotopic (exact) mass is 635 g/mol. The van der Waals surface area contributed by atoms with Gasteiger partial charge in [-0.15, -0.1) is 0 Å². The number of carbonyl (C=O) groups is 1. The van der Waals surface area contributed by atoms with Crippen molar-refractivity contribution in [2.45, 2.75) is 30.1 Å². The molecule has 0 saturated carbocycles. The first-order valence-electron chi connectivity index (χ1n) is 13.2. The summed E-state index contributed by atoms with van der Waals surface area (Å²) in [6.45, 7) is 1.16. The number of thioether (sulfide) groups is 1. The van der Waals surface area contributed by atoms with Crippen LogP contribution in [0.2, 0.25) is 5.02 Å². The van der Waals surface area contributed by atoms with Gasteiger partial charge in [0.1, 0.15) is 18.2 Å². The summed E-state index contributed by atoms with van der Waals surface area (Å²) in [5.74, 6) is 0.0617. The molecule has 1 aliphatic rings. The number of nitrogens with zero attached hydrogens (tertiary/aromatic N) is 7. The van der Waals surface area contributed by atoms with Crippen molar-refractivity contribution in [3.05, 3.63) is 98.6 Å². The Kier molecular flexibility index (Phi) is 9.06. The Labute approximate surface area is 253 Å². The third-order valence-corrected chi connectivity index (χ3v) is 8.19. The van der Waals surface area contributed by atoms with Crippen LogP contribution in [0, 0.1) is 5.82 Å². The Balaban J connectivity index is 1.30. The van der Waals surface area contributed by atoms with E-state index in [2.05, 4.69) is 15.1 Å². The Bertz CT molecular complexity index is 1670. The van der Waals surface area contributed by atoms with Crippen molar-refractivity contribution in [2.24, 2.45) is 7.05 Å². The van der Waals surface area contributed by atoms with Crippen LogP contribution in [0.5, 0.6) is 0 Å². The molecule has 0 aliphatic carbocycles. The summed E-state index contributed by atoms with van der Waals surface area (Å²) < 4.78 is 55.6. The lowest BCUT2D eigenvalue weighted by Gasteiger charge is -2.36. The second-order valence-corrected chi connectivity index (χ2v) is 11.3. The number of hydrogen-bond donors (Lipinski definition) is 0. The Morgan fingerprint density at radius 1 is 1.05 bits per heavy atom. The van der Waals surface area contributed by atoms with Crippen LogP contribution < -0.4 is 10.5 Å². The molecule has 0 spiro atoms. The molecule has 0 unspecified atom stereocenters. The Morgan fingerprint density at radius 2 is 1.77 bits per heavy atom. The molecule has 4 heterocycles. The molecule has 3 aromatic heterocycles. The molecule has 0 radical (unpaired) electrons. The zero-order chi connectivity index (χ0) is 30.7. The second-order valence-electron chi connectivity index (χ2n) is 9.99. The summed E-state index contributed by atoms with van der Waals surface area (Å²) in [5, 5.41) is 4.37. The van der Waals surface area contributed by atoms with Crippen LogP contribution in [0.3, 0.4) is 0 Å². The minimum absolute atomic E-state index is 0.0850. The van der Waals surface area contributed by atoms with Crippen molar-refractivity contribution in [3.63, 3.8) is 0 Å². The minimum Gasteiger partial charge on any atom is -0.352 e. The number of aromatic nitrogens is 5. The number of aryl methyl sites for hydroxylation is 1. The van der Waals surface area contributed by atoms with Gasteiger partial charge in [0.25, 0.3) is 5.56 Å². The molecule has 226 valence electrons. The van der Waals surface area contributed by atoms with Gasteiger partial charge in [0.05, 0.1) is 16.8 Å². The summed E-state index contributed by atoms with van der Waals surface area (Å²) in [7, 11) is 1.77. The number of amides is 1. The first-order valence-corrected chi connectivity index (χ1v) is 14.5. The summed E-state index contributed by atoms with van der Waals surface area (Å²) in [4.78, 5) is 37.9. The van der Waals surface area contributed by atoms with Crippen molar-refractivity contribution >= 4 is 35.1 Å². The van der Waals surface area contributed by atoms with Crippen molar-refractivity contribution < 1.29 is 22.4 Å². The van der Waals surface area contributed by atoms with Crippen molar-refractivity contribution in [1.29, 1.82) is 0 Å². The molecule has 0 N–H and O–H groups in total. The third kappa shape index (κ3) is 7.54. The van der Waals surface area contributed by atoms with E-state index in [1.54, 1.807) is 56.8 Å². The molecule has 9 nitrogen and oxygen atoms in total. The van der Waals surface area contributed by atoms with Gasteiger partial charge in [0.2, 0.25) is 5.91 Å². The third-order valence-electron chi connectivity index (χ3n) is 6.85. The Morgan fingerprint density at radius 3 is 2.40 bits per heavy atom. The predicted molar refractivity (Wildman–Crippen MR) is 154 cm³/mol. The van der Waals surface area contributed by atoms with Crippen molar-refractivity contribution in [3.8, 4) is 0 Å². The SMILES string of the molecule is Cn1cc(Cc2cn(CC(=O)N3CCN(c4ncc(C(F)(F)F)cc4Cl)CC3)c(SCc3ccc(F)cc3)nc2=O)cn1. The van der Waals surface area contributed by atoms with Gasteiger partial charge in [-0.1, -0.05) is 35.5 Å². The molecular formula is C28H26ClF4N7O2S. The maximum Gasteiger partial charge on any atom is 0.417 e. The van der Waals surface area contributed by atoms with Gasteiger partial charge in [0.15, 0.2) is 5.16 Å². The summed E-state index contributed by atoms with van der Waals surface area (Å²) in [6, 6.07) is 6.83. The minimum atomic E-state index is -4.55. The lowest BCUT2D eigenvalue weighted by atomic mass is 10.1. The molecule has 43 heavy (non-hydrogen) atoms. The largest absolute Gasteiger partial charge is 0.417 e. The van der Waals surface area contributed by atoms with Crippen LogP contribution in [0.1, 0.15) is 22.3 Å². The molecule has 1 amide bonds.